The van der Waals surface area contributed by atoms with Crippen LogP contribution in [-0.2, 0) is 9.63 Å². The van der Waals surface area contributed by atoms with Gasteiger partial charge in [0, 0.05) is 24.5 Å². The average molecular weight is 353 g/mol. The maximum Gasteiger partial charge on any atom is 0.267 e. The molecule has 1 N–H and O–H groups in total. The Balaban J connectivity index is 1.86. The van der Waals surface area contributed by atoms with E-state index in [4.69, 9.17) is 4.84 Å². The second-order valence-corrected chi connectivity index (χ2v) is 6.10. The van der Waals surface area contributed by atoms with E-state index >= 15 is 0 Å². The van der Waals surface area contributed by atoms with Crippen molar-refractivity contribution < 1.29 is 9.63 Å². The molecule has 0 aliphatic carbocycles. The van der Waals surface area contributed by atoms with Gasteiger partial charge in [0.25, 0.3) is 5.91 Å². The van der Waals surface area contributed by atoms with E-state index in [9.17, 15) is 4.79 Å². The molecule has 5 nitrogen and oxygen atoms in total. The summed E-state index contributed by atoms with van der Waals surface area (Å²) in [4.78, 5) is 19.7. The lowest BCUT2D eigenvalue weighted by atomic mass is 10.2. The first-order valence-electron chi connectivity index (χ1n) is 8.95. The fourth-order valence-corrected chi connectivity index (χ4v) is 2.47. The summed E-state index contributed by atoms with van der Waals surface area (Å²) >= 11 is 0. The molecule has 0 aromatic heterocycles. The van der Waals surface area contributed by atoms with Crippen LogP contribution in [0.2, 0.25) is 0 Å². The number of amides is 1. The Labute approximate surface area is 155 Å². The summed E-state index contributed by atoms with van der Waals surface area (Å²) in [6, 6.07) is 15.7. The molecule has 1 amide bonds. The van der Waals surface area contributed by atoms with E-state index in [0.717, 1.165) is 29.9 Å². The van der Waals surface area contributed by atoms with E-state index in [-0.39, 0.29) is 5.91 Å². The summed E-state index contributed by atoms with van der Waals surface area (Å²) in [6.45, 7) is 9.89. The van der Waals surface area contributed by atoms with E-state index < -0.39 is 6.10 Å². The lowest BCUT2D eigenvalue weighted by molar-refractivity contribution is -0.126. The summed E-state index contributed by atoms with van der Waals surface area (Å²) in [6.07, 6.45) is 0.935. The van der Waals surface area contributed by atoms with Gasteiger partial charge in [-0.2, -0.15) is 0 Å². The highest BCUT2D eigenvalue weighted by Gasteiger charge is 2.14. The van der Waals surface area contributed by atoms with Crippen LogP contribution in [0.5, 0.6) is 0 Å². The first-order valence-corrected chi connectivity index (χ1v) is 8.95. The van der Waals surface area contributed by atoms with Crippen LogP contribution in [0.25, 0.3) is 0 Å². The molecule has 0 saturated heterocycles. The van der Waals surface area contributed by atoms with Crippen LogP contribution in [0.15, 0.2) is 53.7 Å². The van der Waals surface area contributed by atoms with Crippen LogP contribution in [0, 0.1) is 6.92 Å². The number of carbonyl (C=O) groups excluding carboxylic acids is 1. The Morgan fingerprint density at radius 2 is 1.73 bits per heavy atom. The molecule has 5 heteroatoms. The van der Waals surface area contributed by atoms with Crippen LogP contribution in [0.3, 0.4) is 0 Å². The molecule has 0 unspecified atom stereocenters. The van der Waals surface area contributed by atoms with Crippen LogP contribution in [0.1, 0.15) is 31.9 Å². The van der Waals surface area contributed by atoms with Crippen LogP contribution in [0.4, 0.5) is 11.4 Å². The van der Waals surface area contributed by atoms with Gasteiger partial charge in [0.1, 0.15) is 0 Å². The fraction of sp³-hybridized carbons (Fsp3) is 0.333. The SMILES string of the molecule is CCN(CC)c1ccc(/C=N\O[C@@H](C)C(=O)Nc2ccc(C)cc2)cc1. The molecular formula is C21H27N3O2. The van der Waals surface area contributed by atoms with Gasteiger partial charge >= 0.3 is 0 Å². The van der Waals surface area contributed by atoms with Crippen molar-refractivity contribution in [3.63, 3.8) is 0 Å². The Kier molecular flexibility index (Phi) is 7.21. The standard InChI is InChI=1S/C21H27N3O2/c1-5-24(6-2)20-13-9-18(10-14-20)15-22-26-17(4)21(25)23-19-11-7-16(3)8-12-19/h7-15,17H,5-6H2,1-4H3,(H,23,25)/b22-15-/t17-/m0/s1. The number of aryl methyl sites for hydroxylation is 1. The van der Waals surface area contributed by atoms with Gasteiger partial charge in [-0.15, -0.1) is 0 Å². The quantitative estimate of drug-likeness (QED) is 0.571. The normalized spacial score (nSPS) is 12.0. The van der Waals surface area contributed by atoms with Gasteiger partial charge in [-0.05, 0) is 57.5 Å². The molecule has 2 aromatic rings. The van der Waals surface area contributed by atoms with E-state index in [0.29, 0.717) is 0 Å². The first kappa shape index (κ1) is 19.5. The van der Waals surface area contributed by atoms with Crippen molar-refractivity contribution in [3.05, 3.63) is 59.7 Å². The van der Waals surface area contributed by atoms with Crippen molar-refractivity contribution in [3.8, 4) is 0 Å². The van der Waals surface area contributed by atoms with Crippen molar-refractivity contribution >= 4 is 23.5 Å². The maximum absolute atomic E-state index is 12.1. The zero-order valence-corrected chi connectivity index (χ0v) is 15.9. The molecule has 1 atom stereocenters. The zero-order valence-electron chi connectivity index (χ0n) is 15.9. The highest BCUT2D eigenvalue weighted by atomic mass is 16.6. The largest absolute Gasteiger partial charge is 0.383 e. The van der Waals surface area contributed by atoms with Crippen molar-refractivity contribution in [2.75, 3.05) is 23.3 Å². The number of nitrogens with one attached hydrogen (secondary N) is 1. The van der Waals surface area contributed by atoms with Crippen LogP contribution in [-0.4, -0.2) is 31.3 Å². The van der Waals surface area contributed by atoms with E-state index in [1.807, 2.05) is 43.3 Å². The highest BCUT2D eigenvalue weighted by molar-refractivity contribution is 5.94. The smallest absolute Gasteiger partial charge is 0.267 e. The van der Waals surface area contributed by atoms with Crippen molar-refractivity contribution in [1.29, 1.82) is 0 Å². The Morgan fingerprint density at radius 1 is 1.12 bits per heavy atom. The van der Waals surface area contributed by atoms with Crippen molar-refractivity contribution in [2.45, 2.75) is 33.8 Å². The third-order valence-corrected chi connectivity index (χ3v) is 4.13. The minimum absolute atomic E-state index is 0.233. The predicted octanol–water partition coefficient (Wildman–Crippen LogP) is 4.22. The highest BCUT2D eigenvalue weighted by Crippen LogP contribution is 2.14. The first-order chi connectivity index (χ1) is 12.5. The van der Waals surface area contributed by atoms with Gasteiger partial charge in [0.15, 0.2) is 0 Å². The number of benzene rings is 2. The lowest BCUT2D eigenvalue weighted by Crippen LogP contribution is -2.26. The molecule has 0 spiro atoms. The Hall–Kier alpha value is -2.82. The number of anilines is 2. The number of oxime groups is 1. The topological polar surface area (TPSA) is 53.9 Å². The van der Waals surface area contributed by atoms with Crippen LogP contribution < -0.4 is 10.2 Å². The summed E-state index contributed by atoms with van der Waals surface area (Å²) in [5.41, 5.74) is 3.99. The number of hydrogen-bond acceptors (Lipinski definition) is 4. The van der Waals surface area contributed by atoms with Gasteiger partial charge in [-0.1, -0.05) is 35.0 Å². The summed E-state index contributed by atoms with van der Waals surface area (Å²) in [7, 11) is 0. The molecule has 2 rings (SSSR count). The molecule has 2 aromatic carbocycles. The zero-order chi connectivity index (χ0) is 18.9. The third kappa shape index (κ3) is 5.62. The van der Waals surface area contributed by atoms with E-state index in [1.165, 1.54) is 5.69 Å². The molecule has 0 saturated carbocycles. The number of rotatable bonds is 8. The molecule has 138 valence electrons. The predicted molar refractivity (Wildman–Crippen MR) is 108 cm³/mol. The summed E-state index contributed by atoms with van der Waals surface area (Å²) < 4.78 is 0. The van der Waals surface area contributed by atoms with Gasteiger partial charge in [-0.3, -0.25) is 4.79 Å². The fourth-order valence-electron chi connectivity index (χ4n) is 2.47. The summed E-state index contributed by atoms with van der Waals surface area (Å²) in [5, 5.41) is 6.74. The van der Waals surface area contributed by atoms with Crippen molar-refractivity contribution in [2.24, 2.45) is 5.16 Å². The second-order valence-electron chi connectivity index (χ2n) is 6.10. The van der Waals surface area contributed by atoms with Crippen LogP contribution >= 0.6 is 0 Å². The lowest BCUT2D eigenvalue weighted by Gasteiger charge is -2.20. The van der Waals surface area contributed by atoms with E-state index in [1.54, 1.807) is 13.1 Å². The van der Waals surface area contributed by atoms with Gasteiger partial charge in [0.05, 0.1) is 6.21 Å². The maximum atomic E-state index is 12.1. The molecule has 0 radical (unpaired) electrons. The number of hydrogen-bond donors (Lipinski definition) is 1. The van der Waals surface area contributed by atoms with Crippen molar-refractivity contribution in [1.82, 2.24) is 0 Å². The van der Waals surface area contributed by atoms with Gasteiger partial charge in [-0.25, -0.2) is 0 Å². The van der Waals surface area contributed by atoms with Gasteiger partial charge < -0.3 is 15.1 Å². The molecule has 0 bridgehead atoms. The molecular weight excluding hydrogens is 326 g/mol. The van der Waals surface area contributed by atoms with Gasteiger partial charge in [0.2, 0.25) is 6.10 Å². The molecule has 0 fully saturated rings. The molecule has 26 heavy (non-hydrogen) atoms. The monoisotopic (exact) mass is 353 g/mol. The molecule has 0 aliphatic heterocycles. The minimum atomic E-state index is -0.678. The minimum Gasteiger partial charge on any atom is -0.383 e. The average Bonchev–Trinajstić information content (AvgIpc) is 2.65. The number of nitrogens with zero attached hydrogens (tertiary/aromatic N) is 2. The second kappa shape index (κ2) is 9.61. The number of carbonyl (C=O) groups is 1. The molecule has 0 heterocycles. The summed E-state index contributed by atoms with van der Waals surface area (Å²) in [5.74, 6) is -0.233. The van der Waals surface area contributed by atoms with E-state index in [2.05, 4.69) is 41.4 Å². The molecule has 0 aliphatic rings. The Bertz CT molecular complexity index is 720. The third-order valence-electron chi connectivity index (χ3n) is 4.13. The Morgan fingerprint density at radius 3 is 2.31 bits per heavy atom.